The van der Waals surface area contributed by atoms with Crippen LogP contribution in [-0.4, -0.2) is 28.5 Å². The van der Waals surface area contributed by atoms with Crippen LogP contribution in [0.1, 0.15) is 12.8 Å². The number of carbonyl (C=O) groups is 1. The minimum atomic E-state index is -0.177. The lowest BCUT2D eigenvalue weighted by molar-refractivity contribution is -0.123. The standard InChI is InChI=1S/C11H12N4OS/c16-11-8(2-1-4-12-11)15-10-9-7(3-5-17-9)13-6-14-10/h3,5-6,8H,1-2,4H2,(H,12,16)(H,13,14,15). The zero-order valence-electron chi connectivity index (χ0n) is 9.14. The highest BCUT2D eigenvalue weighted by molar-refractivity contribution is 7.17. The van der Waals surface area contributed by atoms with E-state index in [4.69, 9.17) is 0 Å². The van der Waals surface area contributed by atoms with Crippen LogP contribution in [0.5, 0.6) is 0 Å². The fraction of sp³-hybridized carbons (Fsp3) is 0.364. The highest BCUT2D eigenvalue weighted by Crippen LogP contribution is 2.25. The normalized spacial score (nSPS) is 20.2. The number of piperidine rings is 1. The van der Waals surface area contributed by atoms with Crippen LogP contribution in [0.3, 0.4) is 0 Å². The van der Waals surface area contributed by atoms with E-state index in [9.17, 15) is 4.79 Å². The Morgan fingerprint density at radius 1 is 1.47 bits per heavy atom. The van der Waals surface area contributed by atoms with Gasteiger partial charge in [0.05, 0.1) is 10.2 Å². The molecule has 1 saturated heterocycles. The number of amides is 1. The van der Waals surface area contributed by atoms with Crippen molar-refractivity contribution in [2.75, 3.05) is 11.9 Å². The average molecular weight is 248 g/mol. The molecule has 0 radical (unpaired) electrons. The number of aromatic nitrogens is 2. The van der Waals surface area contributed by atoms with Crippen LogP contribution >= 0.6 is 11.3 Å². The molecule has 2 aromatic heterocycles. The van der Waals surface area contributed by atoms with Crippen molar-refractivity contribution < 1.29 is 4.79 Å². The van der Waals surface area contributed by atoms with Gasteiger partial charge in [-0.25, -0.2) is 9.97 Å². The van der Waals surface area contributed by atoms with Crippen LogP contribution in [0.2, 0.25) is 0 Å². The van der Waals surface area contributed by atoms with Crippen molar-refractivity contribution in [2.24, 2.45) is 0 Å². The van der Waals surface area contributed by atoms with Crippen molar-refractivity contribution >= 4 is 33.3 Å². The Labute approximate surface area is 102 Å². The first-order valence-electron chi connectivity index (χ1n) is 5.57. The Hall–Kier alpha value is -1.69. The van der Waals surface area contributed by atoms with Crippen molar-refractivity contribution in [1.29, 1.82) is 0 Å². The summed E-state index contributed by atoms with van der Waals surface area (Å²) in [5, 5.41) is 8.04. The minimum absolute atomic E-state index is 0.0552. The molecule has 1 amide bonds. The van der Waals surface area contributed by atoms with Crippen LogP contribution < -0.4 is 10.6 Å². The second-order valence-corrected chi connectivity index (χ2v) is 4.90. The number of thiophene rings is 1. The maximum atomic E-state index is 11.7. The molecular formula is C11H12N4OS. The lowest BCUT2D eigenvalue weighted by Crippen LogP contribution is -2.44. The number of nitrogens with zero attached hydrogens (tertiary/aromatic N) is 2. The van der Waals surface area contributed by atoms with Crippen LogP contribution in [0.25, 0.3) is 10.2 Å². The molecule has 2 N–H and O–H groups in total. The van der Waals surface area contributed by atoms with E-state index in [1.807, 2.05) is 11.4 Å². The summed E-state index contributed by atoms with van der Waals surface area (Å²) in [4.78, 5) is 20.0. The van der Waals surface area contributed by atoms with E-state index in [1.54, 1.807) is 11.3 Å². The molecule has 1 aliphatic heterocycles. The van der Waals surface area contributed by atoms with Crippen LogP contribution in [-0.2, 0) is 4.79 Å². The summed E-state index contributed by atoms with van der Waals surface area (Å²) in [5.74, 6) is 0.812. The zero-order chi connectivity index (χ0) is 11.7. The zero-order valence-corrected chi connectivity index (χ0v) is 9.96. The maximum Gasteiger partial charge on any atom is 0.242 e. The summed E-state index contributed by atoms with van der Waals surface area (Å²) >= 11 is 1.58. The number of fused-ring (bicyclic) bond motifs is 1. The lowest BCUT2D eigenvalue weighted by Gasteiger charge is -2.23. The second-order valence-electron chi connectivity index (χ2n) is 3.99. The van der Waals surface area contributed by atoms with Gasteiger partial charge in [0, 0.05) is 6.54 Å². The van der Waals surface area contributed by atoms with Crippen LogP contribution in [0.4, 0.5) is 5.82 Å². The van der Waals surface area contributed by atoms with Gasteiger partial charge < -0.3 is 10.6 Å². The molecule has 2 aromatic rings. The number of nitrogens with one attached hydrogen (secondary N) is 2. The van der Waals surface area contributed by atoms with Gasteiger partial charge in [0.1, 0.15) is 18.2 Å². The molecule has 0 aromatic carbocycles. The average Bonchev–Trinajstić information content (AvgIpc) is 2.81. The molecule has 17 heavy (non-hydrogen) atoms. The molecule has 0 spiro atoms. The molecule has 0 aliphatic carbocycles. The van der Waals surface area contributed by atoms with Crippen molar-refractivity contribution in [3.8, 4) is 0 Å². The first-order chi connectivity index (χ1) is 8.34. The third-order valence-electron chi connectivity index (χ3n) is 2.84. The molecule has 5 nitrogen and oxygen atoms in total. The van der Waals surface area contributed by atoms with Gasteiger partial charge in [-0.3, -0.25) is 4.79 Å². The van der Waals surface area contributed by atoms with Gasteiger partial charge in [0.2, 0.25) is 5.91 Å². The van der Waals surface area contributed by atoms with E-state index in [2.05, 4.69) is 20.6 Å². The molecule has 1 aliphatic rings. The summed E-state index contributed by atoms with van der Waals surface area (Å²) in [6.45, 7) is 0.773. The fourth-order valence-corrected chi connectivity index (χ4v) is 2.76. The third kappa shape index (κ3) is 1.95. The topological polar surface area (TPSA) is 66.9 Å². The molecule has 1 atom stereocenters. The van der Waals surface area contributed by atoms with E-state index < -0.39 is 0 Å². The summed E-state index contributed by atoms with van der Waals surface area (Å²) in [5.41, 5.74) is 0.920. The fourth-order valence-electron chi connectivity index (χ4n) is 1.97. The van der Waals surface area contributed by atoms with E-state index >= 15 is 0 Å². The Morgan fingerprint density at radius 3 is 3.29 bits per heavy atom. The Morgan fingerprint density at radius 2 is 2.41 bits per heavy atom. The molecule has 88 valence electrons. The monoisotopic (exact) mass is 248 g/mol. The molecular weight excluding hydrogens is 236 g/mol. The maximum absolute atomic E-state index is 11.7. The van der Waals surface area contributed by atoms with Gasteiger partial charge in [0.15, 0.2) is 0 Å². The smallest absolute Gasteiger partial charge is 0.242 e. The number of anilines is 1. The molecule has 3 rings (SSSR count). The van der Waals surface area contributed by atoms with Crippen LogP contribution in [0, 0.1) is 0 Å². The van der Waals surface area contributed by atoms with Crippen molar-refractivity contribution in [3.63, 3.8) is 0 Å². The van der Waals surface area contributed by atoms with Crippen molar-refractivity contribution in [2.45, 2.75) is 18.9 Å². The third-order valence-corrected chi connectivity index (χ3v) is 3.75. The number of hydrogen-bond acceptors (Lipinski definition) is 5. The first kappa shape index (κ1) is 10.5. The minimum Gasteiger partial charge on any atom is -0.357 e. The van der Waals surface area contributed by atoms with E-state index in [0.29, 0.717) is 0 Å². The Balaban J connectivity index is 1.89. The summed E-state index contributed by atoms with van der Waals surface area (Å²) in [6.07, 6.45) is 3.38. The van der Waals surface area contributed by atoms with Gasteiger partial charge in [-0.05, 0) is 24.3 Å². The first-order valence-corrected chi connectivity index (χ1v) is 6.45. The summed E-state index contributed by atoms with van der Waals surface area (Å²) in [6, 6.07) is 1.78. The van der Waals surface area contributed by atoms with E-state index in [1.165, 1.54) is 6.33 Å². The highest BCUT2D eigenvalue weighted by Gasteiger charge is 2.22. The SMILES string of the molecule is O=C1NCCCC1Nc1ncnc2ccsc12. The van der Waals surface area contributed by atoms with Crippen LogP contribution in [0.15, 0.2) is 17.8 Å². The van der Waals surface area contributed by atoms with E-state index in [-0.39, 0.29) is 11.9 Å². The molecule has 0 bridgehead atoms. The van der Waals surface area contributed by atoms with Gasteiger partial charge in [-0.15, -0.1) is 11.3 Å². The summed E-state index contributed by atoms with van der Waals surface area (Å²) < 4.78 is 1.01. The van der Waals surface area contributed by atoms with Crippen molar-refractivity contribution in [1.82, 2.24) is 15.3 Å². The second kappa shape index (κ2) is 4.29. The number of carbonyl (C=O) groups excluding carboxylic acids is 1. The van der Waals surface area contributed by atoms with Crippen molar-refractivity contribution in [3.05, 3.63) is 17.8 Å². The summed E-state index contributed by atoms with van der Waals surface area (Å²) in [7, 11) is 0. The predicted octanol–water partition coefficient (Wildman–Crippen LogP) is 1.38. The van der Waals surface area contributed by atoms with Gasteiger partial charge in [0.25, 0.3) is 0 Å². The molecule has 1 fully saturated rings. The van der Waals surface area contributed by atoms with E-state index in [0.717, 1.165) is 35.4 Å². The van der Waals surface area contributed by atoms with Gasteiger partial charge in [-0.2, -0.15) is 0 Å². The van der Waals surface area contributed by atoms with Gasteiger partial charge in [-0.1, -0.05) is 0 Å². The molecule has 6 heteroatoms. The van der Waals surface area contributed by atoms with Gasteiger partial charge >= 0.3 is 0 Å². The molecule has 1 unspecified atom stereocenters. The number of hydrogen-bond donors (Lipinski definition) is 2. The Kier molecular flexibility index (Phi) is 2.64. The predicted molar refractivity (Wildman–Crippen MR) is 67.1 cm³/mol. The number of rotatable bonds is 2. The Bertz CT molecular complexity index is 553. The largest absolute Gasteiger partial charge is 0.357 e. The molecule has 3 heterocycles. The molecule has 0 saturated carbocycles. The highest BCUT2D eigenvalue weighted by atomic mass is 32.1. The quantitative estimate of drug-likeness (QED) is 0.842. The lowest BCUT2D eigenvalue weighted by atomic mass is 10.1.